The molecule has 0 aliphatic carbocycles. The van der Waals surface area contributed by atoms with Crippen LogP contribution in [0.2, 0.25) is 0 Å². The maximum absolute atomic E-state index is 12.8. The van der Waals surface area contributed by atoms with Crippen molar-refractivity contribution in [3.63, 3.8) is 0 Å². The molecule has 0 unspecified atom stereocenters. The summed E-state index contributed by atoms with van der Waals surface area (Å²) in [7, 11) is 0. The molecular formula is C16H17F3N2OS. The van der Waals surface area contributed by atoms with E-state index in [1.165, 1.54) is 17.4 Å². The normalized spacial score (nSPS) is 12.9. The minimum absolute atomic E-state index is 0.262. The molecule has 0 radical (unpaired) electrons. The number of alkyl halides is 3. The van der Waals surface area contributed by atoms with Gasteiger partial charge in [0, 0.05) is 18.3 Å². The Morgan fingerprint density at radius 3 is 2.78 bits per heavy atom. The lowest BCUT2D eigenvalue weighted by Gasteiger charge is -2.17. The number of benzene rings is 1. The number of hydrogen-bond donors (Lipinski definition) is 1. The first-order valence-corrected chi connectivity index (χ1v) is 8.18. The van der Waals surface area contributed by atoms with Crippen molar-refractivity contribution in [2.45, 2.75) is 31.9 Å². The van der Waals surface area contributed by atoms with Gasteiger partial charge in [-0.15, -0.1) is 11.3 Å². The Hall–Kier alpha value is -1.89. The van der Waals surface area contributed by atoms with Crippen LogP contribution >= 0.6 is 11.3 Å². The molecule has 0 bridgehead atoms. The quantitative estimate of drug-likeness (QED) is 0.862. The Kier molecular flexibility index (Phi) is 5.76. The molecule has 0 fully saturated rings. The van der Waals surface area contributed by atoms with E-state index in [-0.39, 0.29) is 5.91 Å². The second-order valence-electron chi connectivity index (χ2n) is 5.10. The molecule has 124 valence electrons. The number of carbonyl (C=O) groups is 1. The summed E-state index contributed by atoms with van der Waals surface area (Å²) in [5, 5.41) is 4.67. The van der Waals surface area contributed by atoms with E-state index in [4.69, 9.17) is 0 Å². The summed E-state index contributed by atoms with van der Waals surface area (Å²) in [6, 6.07) is 4.96. The van der Waals surface area contributed by atoms with E-state index in [0.29, 0.717) is 24.9 Å². The zero-order valence-electron chi connectivity index (χ0n) is 12.6. The predicted molar refractivity (Wildman–Crippen MR) is 83.3 cm³/mol. The second kappa shape index (κ2) is 7.59. The van der Waals surface area contributed by atoms with E-state index in [9.17, 15) is 18.0 Å². The van der Waals surface area contributed by atoms with E-state index in [0.717, 1.165) is 17.8 Å². The van der Waals surface area contributed by atoms with Gasteiger partial charge < -0.3 is 5.32 Å². The summed E-state index contributed by atoms with van der Waals surface area (Å²) in [6.07, 6.45) is -3.37. The van der Waals surface area contributed by atoms with Gasteiger partial charge >= 0.3 is 6.18 Å². The number of nitrogens with zero attached hydrogens (tertiary/aromatic N) is 1. The summed E-state index contributed by atoms with van der Waals surface area (Å²) in [5.74, 6) is -0.852. The molecule has 2 aromatic rings. The summed E-state index contributed by atoms with van der Waals surface area (Å²) in [5.41, 5.74) is 2.26. The van der Waals surface area contributed by atoms with Crippen LogP contribution < -0.4 is 5.32 Å². The van der Waals surface area contributed by atoms with Gasteiger partial charge in [0.25, 0.3) is 0 Å². The molecule has 3 nitrogen and oxygen atoms in total. The topological polar surface area (TPSA) is 42.0 Å². The van der Waals surface area contributed by atoms with Gasteiger partial charge in [-0.2, -0.15) is 13.2 Å². The molecule has 1 heterocycles. The molecule has 1 amide bonds. The molecule has 0 saturated carbocycles. The number of thiazole rings is 1. The lowest BCUT2D eigenvalue weighted by Crippen LogP contribution is -2.31. The van der Waals surface area contributed by atoms with Crippen molar-refractivity contribution in [3.05, 3.63) is 52.0 Å². The van der Waals surface area contributed by atoms with E-state index in [2.05, 4.69) is 10.3 Å². The fourth-order valence-corrected chi connectivity index (χ4v) is 2.90. The fraction of sp³-hybridized carbons (Fsp3) is 0.375. The van der Waals surface area contributed by atoms with E-state index >= 15 is 0 Å². The summed E-state index contributed by atoms with van der Waals surface area (Å²) >= 11 is 1.48. The minimum Gasteiger partial charge on any atom is -0.355 e. The largest absolute Gasteiger partial charge is 0.416 e. The van der Waals surface area contributed by atoms with Crippen LogP contribution in [0.25, 0.3) is 0 Å². The predicted octanol–water partition coefficient (Wildman–Crippen LogP) is 4.01. The fourth-order valence-electron chi connectivity index (χ4n) is 2.30. The lowest BCUT2D eigenvalue weighted by molar-refractivity contribution is -0.137. The highest BCUT2D eigenvalue weighted by Gasteiger charge is 2.31. The number of rotatable bonds is 6. The van der Waals surface area contributed by atoms with Crippen molar-refractivity contribution in [1.29, 1.82) is 0 Å². The average Bonchev–Trinajstić information content (AvgIpc) is 3.01. The van der Waals surface area contributed by atoms with Crippen LogP contribution in [0.5, 0.6) is 0 Å². The summed E-state index contributed by atoms with van der Waals surface area (Å²) in [6.45, 7) is 2.20. The van der Waals surface area contributed by atoms with Gasteiger partial charge in [-0.05, 0) is 18.1 Å². The van der Waals surface area contributed by atoms with Crippen molar-refractivity contribution in [2.75, 3.05) is 6.54 Å². The van der Waals surface area contributed by atoms with Crippen molar-refractivity contribution in [2.24, 2.45) is 0 Å². The first kappa shape index (κ1) is 17.5. The van der Waals surface area contributed by atoms with Crippen LogP contribution in [0.4, 0.5) is 13.2 Å². The number of halogens is 3. The van der Waals surface area contributed by atoms with Crippen LogP contribution in [0.1, 0.15) is 36.1 Å². The molecule has 0 spiro atoms. The van der Waals surface area contributed by atoms with Gasteiger partial charge in [-0.1, -0.05) is 25.1 Å². The van der Waals surface area contributed by atoms with E-state index in [1.807, 2.05) is 5.38 Å². The third-order valence-corrected chi connectivity index (χ3v) is 4.14. The third kappa shape index (κ3) is 4.79. The number of amides is 1. The zero-order valence-corrected chi connectivity index (χ0v) is 13.4. The first-order valence-electron chi connectivity index (χ1n) is 7.23. The molecule has 0 aliphatic heterocycles. The van der Waals surface area contributed by atoms with E-state index < -0.39 is 17.7 Å². The second-order valence-corrected chi connectivity index (χ2v) is 5.82. The summed E-state index contributed by atoms with van der Waals surface area (Å²) < 4.78 is 38.4. The van der Waals surface area contributed by atoms with Crippen LogP contribution in [-0.2, 0) is 17.4 Å². The number of aromatic nitrogens is 1. The highest BCUT2D eigenvalue weighted by molar-refractivity contribution is 7.07. The maximum Gasteiger partial charge on any atom is 0.416 e. The molecule has 1 aromatic heterocycles. The molecule has 7 heteroatoms. The zero-order chi connectivity index (χ0) is 16.9. The summed E-state index contributed by atoms with van der Waals surface area (Å²) in [4.78, 5) is 16.4. The monoisotopic (exact) mass is 342 g/mol. The standard InChI is InChI=1S/C16H17F3N2OS/c1-2-14(11-4-3-5-12(8-11)16(17,18)19)15(22)20-7-6-13-9-23-10-21-13/h3-5,8-10,14H,2,6-7H2,1H3,(H,20,22)/t14-/m0/s1. The van der Waals surface area contributed by atoms with E-state index in [1.54, 1.807) is 18.5 Å². The lowest BCUT2D eigenvalue weighted by atomic mass is 9.94. The van der Waals surface area contributed by atoms with Gasteiger partial charge in [-0.3, -0.25) is 4.79 Å². The smallest absolute Gasteiger partial charge is 0.355 e. The van der Waals surface area contributed by atoms with Crippen molar-refractivity contribution in [3.8, 4) is 0 Å². The molecule has 1 N–H and O–H groups in total. The van der Waals surface area contributed by atoms with Gasteiger partial charge in [0.15, 0.2) is 0 Å². The molecule has 1 aromatic carbocycles. The Balaban J connectivity index is 2.02. The third-order valence-electron chi connectivity index (χ3n) is 3.50. The minimum atomic E-state index is -4.41. The van der Waals surface area contributed by atoms with Crippen molar-refractivity contribution in [1.82, 2.24) is 10.3 Å². The van der Waals surface area contributed by atoms with Crippen LogP contribution in [0.3, 0.4) is 0 Å². The molecule has 0 aliphatic rings. The van der Waals surface area contributed by atoms with Crippen LogP contribution in [-0.4, -0.2) is 17.4 Å². The first-order chi connectivity index (χ1) is 10.9. The van der Waals surface area contributed by atoms with Crippen LogP contribution in [0.15, 0.2) is 35.2 Å². The molecule has 23 heavy (non-hydrogen) atoms. The van der Waals surface area contributed by atoms with Gasteiger partial charge in [-0.25, -0.2) is 4.98 Å². The molecule has 1 atom stereocenters. The van der Waals surface area contributed by atoms with Gasteiger partial charge in [0.1, 0.15) is 0 Å². The highest BCUT2D eigenvalue weighted by atomic mass is 32.1. The number of nitrogens with one attached hydrogen (secondary N) is 1. The number of carbonyl (C=O) groups excluding carboxylic acids is 1. The van der Waals surface area contributed by atoms with Crippen LogP contribution in [0, 0.1) is 0 Å². The average molecular weight is 342 g/mol. The Morgan fingerprint density at radius 1 is 1.39 bits per heavy atom. The Bertz CT molecular complexity index is 641. The highest BCUT2D eigenvalue weighted by Crippen LogP contribution is 2.31. The number of hydrogen-bond acceptors (Lipinski definition) is 3. The van der Waals surface area contributed by atoms with Gasteiger partial charge in [0.05, 0.1) is 22.7 Å². The Morgan fingerprint density at radius 2 is 2.17 bits per heavy atom. The van der Waals surface area contributed by atoms with Gasteiger partial charge in [0.2, 0.25) is 5.91 Å². The maximum atomic E-state index is 12.8. The Labute approximate surface area is 136 Å². The molecule has 0 saturated heterocycles. The SMILES string of the molecule is CC[C@H](C(=O)NCCc1cscn1)c1cccc(C(F)(F)F)c1. The molecular weight excluding hydrogens is 325 g/mol. The van der Waals surface area contributed by atoms with Crippen molar-refractivity contribution >= 4 is 17.2 Å². The van der Waals surface area contributed by atoms with Crippen molar-refractivity contribution < 1.29 is 18.0 Å². The molecule has 2 rings (SSSR count).